The Hall–Kier alpha value is -1.51. The molecule has 0 bridgehead atoms. The molecular weight excluding hydrogens is 236 g/mol. The number of carbonyl (C=O) groups excluding carboxylic acids is 3. The SMILES string of the molecule is C=O.C=O.C=O.C=c1ccccc1=C.[Fe]. The molecule has 0 heterocycles. The fourth-order valence-corrected chi connectivity index (χ4v) is 0.557. The van der Waals surface area contributed by atoms with Crippen LogP contribution in [0.1, 0.15) is 0 Å². The molecular formula is C11H14FeO3. The average Bonchev–Trinajstić information content (AvgIpc) is 2.31. The van der Waals surface area contributed by atoms with Crippen LogP contribution < -0.4 is 10.4 Å². The van der Waals surface area contributed by atoms with Crippen molar-refractivity contribution in [3.63, 3.8) is 0 Å². The van der Waals surface area contributed by atoms with Crippen molar-refractivity contribution in [3.05, 3.63) is 34.7 Å². The fraction of sp³-hybridized carbons (Fsp3) is 0. The van der Waals surface area contributed by atoms with Crippen LogP contribution in [0.2, 0.25) is 0 Å². The van der Waals surface area contributed by atoms with Crippen molar-refractivity contribution in [2.45, 2.75) is 0 Å². The van der Waals surface area contributed by atoms with Crippen molar-refractivity contribution in [1.82, 2.24) is 0 Å². The zero-order valence-electron chi connectivity index (χ0n) is 8.42. The fourth-order valence-electron chi connectivity index (χ4n) is 0.557. The van der Waals surface area contributed by atoms with E-state index in [1.165, 1.54) is 0 Å². The van der Waals surface area contributed by atoms with Gasteiger partial charge in [0.15, 0.2) is 0 Å². The van der Waals surface area contributed by atoms with Crippen molar-refractivity contribution in [1.29, 1.82) is 0 Å². The summed E-state index contributed by atoms with van der Waals surface area (Å²) in [7, 11) is 0. The van der Waals surface area contributed by atoms with Gasteiger partial charge in [0.2, 0.25) is 0 Å². The Bertz CT molecular complexity index is 280. The molecule has 0 unspecified atom stereocenters. The molecule has 4 heteroatoms. The summed E-state index contributed by atoms with van der Waals surface area (Å²) in [5.41, 5.74) is 0. The van der Waals surface area contributed by atoms with Gasteiger partial charge in [0.05, 0.1) is 0 Å². The summed E-state index contributed by atoms with van der Waals surface area (Å²) in [5, 5.41) is 2.01. The second-order valence-corrected chi connectivity index (χ2v) is 1.77. The molecule has 0 aliphatic rings. The van der Waals surface area contributed by atoms with Gasteiger partial charge in [0, 0.05) is 17.1 Å². The maximum atomic E-state index is 8.00. The predicted molar refractivity (Wildman–Crippen MR) is 58.1 cm³/mol. The quantitative estimate of drug-likeness (QED) is 0.606. The molecule has 0 atom stereocenters. The van der Waals surface area contributed by atoms with Crippen LogP contribution in [0.15, 0.2) is 24.3 Å². The molecule has 0 spiro atoms. The Morgan fingerprint density at radius 1 is 0.667 bits per heavy atom. The smallest absolute Gasteiger partial charge is 0.106 e. The van der Waals surface area contributed by atoms with Gasteiger partial charge in [-0.25, -0.2) is 0 Å². The van der Waals surface area contributed by atoms with Gasteiger partial charge in [-0.2, -0.15) is 0 Å². The molecule has 3 nitrogen and oxygen atoms in total. The van der Waals surface area contributed by atoms with E-state index in [0.29, 0.717) is 0 Å². The van der Waals surface area contributed by atoms with Crippen molar-refractivity contribution in [2.75, 3.05) is 0 Å². The topological polar surface area (TPSA) is 51.2 Å². The van der Waals surface area contributed by atoms with E-state index in [-0.39, 0.29) is 17.1 Å². The summed E-state index contributed by atoms with van der Waals surface area (Å²) in [6, 6.07) is 7.80. The van der Waals surface area contributed by atoms with E-state index >= 15 is 0 Å². The Morgan fingerprint density at radius 3 is 1.00 bits per heavy atom. The van der Waals surface area contributed by atoms with E-state index in [1.54, 1.807) is 0 Å². The van der Waals surface area contributed by atoms with E-state index in [0.717, 1.165) is 10.4 Å². The third-order valence-corrected chi connectivity index (χ3v) is 1.12. The monoisotopic (exact) mass is 250 g/mol. The van der Waals surface area contributed by atoms with Crippen LogP contribution in [0.25, 0.3) is 13.2 Å². The minimum Gasteiger partial charge on any atom is -0.307 e. The van der Waals surface area contributed by atoms with Crippen LogP contribution in [0.5, 0.6) is 0 Å². The first-order valence-corrected chi connectivity index (χ1v) is 3.40. The molecule has 15 heavy (non-hydrogen) atoms. The first-order valence-electron chi connectivity index (χ1n) is 3.40. The summed E-state index contributed by atoms with van der Waals surface area (Å²) in [6.45, 7) is 13.5. The molecule has 0 saturated heterocycles. The van der Waals surface area contributed by atoms with Gasteiger partial charge in [-0.1, -0.05) is 37.4 Å². The van der Waals surface area contributed by atoms with E-state index in [1.807, 2.05) is 44.6 Å². The molecule has 1 aromatic carbocycles. The van der Waals surface area contributed by atoms with Gasteiger partial charge in [-0.05, 0) is 10.4 Å². The van der Waals surface area contributed by atoms with Gasteiger partial charge in [-0.3, -0.25) is 0 Å². The maximum absolute atomic E-state index is 8.00. The molecule has 0 saturated carbocycles. The van der Waals surface area contributed by atoms with Crippen LogP contribution in [-0.2, 0) is 31.5 Å². The second-order valence-electron chi connectivity index (χ2n) is 1.77. The zero-order valence-corrected chi connectivity index (χ0v) is 9.53. The van der Waals surface area contributed by atoms with Crippen LogP contribution in [0.3, 0.4) is 0 Å². The number of hydrogen-bond acceptors (Lipinski definition) is 3. The molecule has 84 valence electrons. The Morgan fingerprint density at radius 2 is 0.867 bits per heavy atom. The first-order chi connectivity index (χ1) is 6.80. The molecule has 0 amide bonds. The van der Waals surface area contributed by atoms with Crippen molar-refractivity contribution in [3.8, 4) is 0 Å². The summed E-state index contributed by atoms with van der Waals surface area (Å²) in [4.78, 5) is 24.0. The second kappa shape index (κ2) is 22.9. The van der Waals surface area contributed by atoms with Gasteiger partial charge < -0.3 is 14.4 Å². The van der Waals surface area contributed by atoms with E-state index in [9.17, 15) is 0 Å². The first kappa shape index (κ1) is 23.4. The number of benzene rings is 1. The molecule has 0 N–H and O–H groups in total. The zero-order chi connectivity index (χ0) is 12.0. The molecule has 0 radical (unpaired) electrons. The van der Waals surface area contributed by atoms with E-state index < -0.39 is 0 Å². The van der Waals surface area contributed by atoms with E-state index in [2.05, 4.69) is 13.2 Å². The van der Waals surface area contributed by atoms with Crippen LogP contribution >= 0.6 is 0 Å². The molecule has 0 aliphatic heterocycles. The Balaban J connectivity index is -0.0000000755. The van der Waals surface area contributed by atoms with E-state index in [4.69, 9.17) is 14.4 Å². The number of carbonyl (C=O) groups is 3. The van der Waals surface area contributed by atoms with Crippen molar-refractivity contribution >= 4 is 33.5 Å². The molecule has 0 aliphatic carbocycles. The normalized spacial score (nSPS) is 5.60. The Labute approximate surface area is 100.0 Å². The molecule has 0 aromatic heterocycles. The number of rotatable bonds is 0. The third kappa shape index (κ3) is 15.3. The van der Waals surface area contributed by atoms with Gasteiger partial charge in [0.25, 0.3) is 0 Å². The summed E-state index contributed by atoms with van der Waals surface area (Å²) < 4.78 is 0. The average molecular weight is 250 g/mol. The standard InChI is InChI=1S/C8H8.3CH2O.Fe/c1-7-5-3-4-6-8(7)2;3*1-2;/h3-6H,1-2H2;3*1H2;. The summed E-state index contributed by atoms with van der Waals surface area (Å²) in [5.74, 6) is 0. The Kier molecular flexibility index (Phi) is 35.6. The van der Waals surface area contributed by atoms with Crippen molar-refractivity contribution in [2.24, 2.45) is 0 Å². The molecule has 0 fully saturated rings. The predicted octanol–water partition coefficient (Wildman–Crippen LogP) is -0.0500. The third-order valence-electron chi connectivity index (χ3n) is 1.12. The van der Waals surface area contributed by atoms with Crippen LogP contribution in [-0.4, -0.2) is 20.4 Å². The van der Waals surface area contributed by atoms with Crippen molar-refractivity contribution < 1.29 is 31.5 Å². The summed E-state index contributed by atoms with van der Waals surface area (Å²) in [6.07, 6.45) is 0. The minimum atomic E-state index is 0. The molecule has 1 aromatic rings. The van der Waals surface area contributed by atoms with Gasteiger partial charge in [-0.15, -0.1) is 0 Å². The van der Waals surface area contributed by atoms with Crippen LogP contribution in [0, 0.1) is 0 Å². The van der Waals surface area contributed by atoms with Crippen LogP contribution in [0.4, 0.5) is 0 Å². The largest absolute Gasteiger partial charge is 0.307 e. The molecule has 1 rings (SSSR count). The van der Waals surface area contributed by atoms with Gasteiger partial charge in [0.1, 0.15) is 20.4 Å². The van der Waals surface area contributed by atoms with Gasteiger partial charge >= 0.3 is 0 Å². The summed E-state index contributed by atoms with van der Waals surface area (Å²) >= 11 is 0. The maximum Gasteiger partial charge on any atom is 0.106 e. The number of hydrogen-bond donors (Lipinski definition) is 0. The minimum absolute atomic E-state index is 0.